The van der Waals surface area contributed by atoms with Crippen LogP contribution in [0.3, 0.4) is 0 Å². The standard InChI is InChI=1S/C7H8O2S2.Ca.2H/c8-11-7(10)9-6-4-2-1-3-5-6;;;/h1-5,8,10-11H;;;. The van der Waals surface area contributed by atoms with Crippen molar-refractivity contribution >= 4 is 66.4 Å². The van der Waals surface area contributed by atoms with Gasteiger partial charge in [0.05, 0.1) is 0 Å². The number of rotatable bonds is 1. The average molecular weight is 230 g/mol. The molecule has 0 bridgehead atoms. The first-order chi connectivity index (χ1) is 5.33. The van der Waals surface area contributed by atoms with Crippen LogP contribution in [0.4, 0.5) is 0 Å². The zero-order valence-electron chi connectivity index (χ0n) is 5.64. The molecule has 0 aliphatic carbocycles. The molecule has 12 heavy (non-hydrogen) atoms. The summed E-state index contributed by atoms with van der Waals surface area (Å²) in [5.74, 6) is 0.680. The fourth-order valence-corrected chi connectivity index (χ4v) is 0.866. The van der Waals surface area contributed by atoms with Gasteiger partial charge in [-0.15, -0.1) is 0 Å². The molecule has 0 aromatic heterocycles. The van der Waals surface area contributed by atoms with Crippen molar-refractivity contribution in [3.63, 3.8) is 0 Å². The van der Waals surface area contributed by atoms with E-state index in [1.807, 2.05) is 18.2 Å². The van der Waals surface area contributed by atoms with Crippen LogP contribution in [0.5, 0.6) is 5.75 Å². The van der Waals surface area contributed by atoms with Crippen LogP contribution in [0.1, 0.15) is 0 Å². The number of thiol groups is 2. The summed E-state index contributed by atoms with van der Waals surface area (Å²) in [6.07, 6.45) is 0. The first kappa shape index (κ1) is 12.8. The molecule has 0 radical (unpaired) electrons. The fraction of sp³-hybridized carbons (Fsp3) is 0. The molecule has 0 saturated heterocycles. The van der Waals surface area contributed by atoms with Crippen LogP contribution >= 0.6 is 24.3 Å². The molecule has 0 fully saturated rings. The van der Waals surface area contributed by atoms with Crippen LogP contribution in [0, 0.1) is 0 Å². The van der Waals surface area contributed by atoms with Gasteiger partial charge in [0, 0.05) is 0 Å². The van der Waals surface area contributed by atoms with Gasteiger partial charge in [0.15, 0.2) is 0 Å². The van der Waals surface area contributed by atoms with E-state index in [4.69, 9.17) is 9.29 Å². The molecule has 0 aliphatic heterocycles. The van der Waals surface area contributed by atoms with E-state index in [9.17, 15) is 0 Å². The van der Waals surface area contributed by atoms with E-state index in [-0.39, 0.29) is 53.8 Å². The van der Waals surface area contributed by atoms with Gasteiger partial charge >= 0.3 is 37.7 Å². The van der Waals surface area contributed by atoms with Gasteiger partial charge in [-0.25, -0.2) is 0 Å². The van der Waals surface area contributed by atoms with E-state index in [0.717, 1.165) is 0 Å². The summed E-state index contributed by atoms with van der Waals surface area (Å²) in [6, 6.07) is 9.18. The Hall–Kier alpha value is 0.810. The maximum absolute atomic E-state index is 8.53. The molecule has 1 aromatic carbocycles. The molecular weight excluding hydrogens is 220 g/mol. The number of ether oxygens (including phenoxy) is 1. The Labute approximate surface area is 111 Å². The zero-order chi connectivity index (χ0) is 8.10. The molecule has 1 N–H and O–H groups in total. The Morgan fingerprint density at radius 2 is 1.92 bits per heavy atom. The first-order valence-electron chi connectivity index (χ1n) is 2.97. The molecule has 64 valence electrons. The van der Waals surface area contributed by atoms with Gasteiger partial charge in [-0.3, -0.25) is 0 Å². The molecule has 1 aromatic rings. The van der Waals surface area contributed by atoms with Crippen LogP contribution in [-0.4, -0.2) is 46.7 Å². The molecule has 0 heterocycles. The third kappa shape index (κ3) is 4.74. The SMILES string of the molecule is O[SH]=C(S)Oc1ccccc1.[CaH2]. The Morgan fingerprint density at radius 3 is 2.42 bits per heavy atom. The Morgan fingerprint density at radius 1 is 1.33 bits per heavy atom. The third-order valence-electron chi connectivity index (χ3n) is 1.04. The van der Waals surface area contributed by atoms with Crippen LogP contribution < -0.4 is 4.74 Å². The van der Waals surface area contributed by atoms with Gasteiger partial charge in [0.2, 0.25) is 4.38 Å². The van der Waals surface area contributed by atoms with Gasteiger partial charge in [-0.2, -0.15) is 0 Å². The van der Waals surface area contributed by atoms with E-state index in [2.05, 4.69) is 12.6 Å². The van der Waals surface area contributed by atoms with Crippen LogP contribution in [0.25, 0.3) is 0 Å². The Kier molecular flexibility index (Phi) is 7.72. The predicted molar refractivity (Wildman–Crippen MR) is 61.2 cm³/mol. The topological polar surface area (TPSA) is 29.5 Å². The van der Waals surface area contributed by atoms with Crippen LogP contribution in [0.15, 0.2) is 30.3 Å². The number of para-hydroxylation sites is 1. The number of hydrogen-bond acceptors (Lipinski definition) is 2. The van der Waals surface area contributed by atoms with Gasteiger partial charge in [-0.1, -0.05) is 30.8 Å². The summed E-state index contributed by atoms with van der Waals surface area (Å²) in [6.45, 7) is 0. The quantitative estimate of drug-likeness (QED) is 0.383. The van der Waals surface area contributed by atoms with Crippen molar-refractivity contribution in [1.82, 2.24) is 0 Å². The Bertz CT molecular complexity index is 251. The molecule has 0 saturated carbocycles. The molecule has 0 aliphatic rings. The minimum atomic E-state index is 0. The summed E-state index contributed by atoms with van der Waals surface area (Å²) in [5, 5.41) is 0. The Balaban J connectivity index is 0.00000121. The monoisotopic (exact) mass is 230 g/mol. The molecule has 1 rings (SSSR count). The van der Waals surface area contributed by atoms with Crippen molar-refractivity contribution in [1.29, 1.82) is 0 Å². The normalized spacial score (nSPS) is 11.0. The van der Waals surface area contributed by atoms with E-state index in [0.29, 0.717) is 5.75 Å². The van der Waals surface area contributed by atoms with Crippen molar-refractivity contribution in [2.75, 3.05) is 0 Å². The van der Waals surface area contributed by atoms with Gasteiger partial charge in [-0.05, 0) is 23.8 Å². The van der Waals surface area contributed by atoms with Gasteiger partial charge < -0.3 is 9.29 Å². The van der Waals surface area contributed by atoms with E-state index in [1.54, 1.807) is 12.1 Å². The van der Waals surface area contributed by atoms with Crippen LogP contribution in [0.2, 0.25) is 0 Å². The molecule has 0 amide bonds. The van der Waals surface area contributed by atoms with E-state index >= 15 is 0 Å². The number of benzene rings is 1. The molecule has 2 nitrogen and oxygen atoms in total. The van der Waals surface area contributed by atoms with Crippen molar-refractivity contribution in [2.45, 2.75) is 0 Å². The summed E-state index contributed by atoms with van der Waals surface area (Å²) >= 11 is 3.92. The van der Waals surface area contributed by atoms with Crippen LogP contribution in [-0.2, 0) is 0 Å². The van der Waals surface area contributed by atoms with Crippen molar-refractivity contribution in [2.24, 2.45) is 0 Å². The molecule has 0 atom stereocenters. The fourth-order valence-electron chi connectivity index (χ4n) is 0.614. The molecule has 5 heteroatoms. The van der Waals surface area contributed by atoms with E-state index < -0.39 is 0 Å². The van der Waals surface area contributed by atoms with Crippen molar-refractivity contribution in [3.05, 3.63) is 30.3 Å². The van der Waals surface area contributed by atoms with Crippen molar-refractivity contribution < 1.29 is 9.29 Å². The zero-order valence-corrected chi connectivity index (χ0v) is 7.43. The van der Waals surface area contributed by atoms with Gasteiger partial charge in [0.1, 0.15) is 5.75 Å². The summed E-state index contributed by atoms with van der Waals surface area (Å²) in [7, 11) is 0. The van der Waals surface area contributed by atoms with E-state index in [1.165, 1.54) is 0 Å². The summed E-state index contributed by atoms with van der Waals surface area (Å²) in [5.41, 5.74) is 0. The second-order valence-electron chi connectivity index (χ2n) is 1.80. The second kappa shape index (κ2) is 7.24. The predicted octanol–water partition coefficient (Wildman–Crippen LogP) is 1.10. The maximum atomic E-state index is 8.53. The average Bonchev–Trinajstić information content (AvgIpc) is 2.06. The molecular formula is C7H10CaO2S2. The summed E-state index contributed by atoms with van der Waals surface area (Å²) in [4.78, 5) is 0. The second-order valence-corrected chi connectivity index (χ2v) is 3.16. The first-order valence-corrected chi connectivity index (χ1v) is 4.26. The minimum absolute atomic E-state index is 0. The summed E-state index contributed by atoms with van der Waals surface area (Å²) < 4.78 is 13.9. The third-order valence-corrected chi connectivity index (χ3v) is 1.66. The van der Waals surface area contributed by atoms with Crippen molar-refractivity contribution in [3.8, 4) is 5.75 Å². The molecule has 0 spiro atoms. The molecule has 0 unspecified atom stereocenters. The van der Waals surface area contributed by atoms with Gasteiger partial charge in [0.25, 0.3) is 0 Å². The number of hydrogen-bond donors (Lipinski definition) is 3.